The summed E-state index contributed by atoms with van der Waals surface area (Å²) in [5.41, 5.74) is 0.757. The molecule has 1 unspecified atom stereocenters. The lowest BCUT2D eigenvalue weighted by atomic mass is 10.0. The van der Waals surface area contributed by atoms with Gasteiger partial charge in [-0.25, -0.2) is 12.8 Å². The fraction of sp³-hybridized carbons (Fsp3) is 0.440. The first kappa shape index (κ1) is 25.8. The molecule has 1 fully saturated rings. The summed E-state index contributed by atoms with van der Waals surface area (Å²) in [6, 6.07) is 9.35. The molecule has 2 aromatic carbocycles. The van der Waals surface area contributed by atoms with Gasteiger partial charge in [0.05, 0.1) is 10.5 Å². The molecule has 7 nitrogen and oxygen atoms in total. The van der Waals surface area contributed by atoms with Gasteiger partial charge < -0.3 is 10.6 Å². The number of sulfonamides is 1. The van der Waals surface area contributed by atoms with Gasteiger partial charge >= 0.3 is 0 Å². The Kier molecular flexibility index (Phi) is 8.43. The summed E-state index contributed by atoms with van der Waals surface area (Å²) in [7, 11) is -3.70. The first-order chi connectivity index (χ1) is 16.1. The average Bonchev–Trinajstić information content (AvgIpc) is 3.09. The molecule has 0 bridgehead atoms. The summed E-state index contributed by atoms with van der Waals surface area (Å²) < 4.78 is 42.1. The topological polar surface area (TPSA) is 95.6 Å². The van der Waals surface area contributed by atoms with Crippen molar-refractivity contribution in [1.29, 1.82) is 0 Å². The Hall–Kier alpha value is -2.78. The molecule has 2 N–H and O–H groups in total. The van der Waals surface area contributed by atoms with Gasteiger partial charge in [-0.2, -0.15) is 4.31 Å². The third-order valence-electron chi connectivity index (χ3n) is 5.99. The van der Waals surface area contributed by atoms with Crippen molar-refractivity contribution >= 4 is 27.5 Å². The van der Waals surface area contributed by atoms with Crippen molar-refractivity contribution in [2.45, 2.75) is 57.4 Å². The summed E-state index contributed by atoms with van der Waals surface area (Å²) in [5, 5.41) is 5.31. The van der Waals surface area contributed by atoms with Crippen LogP contribution in [-0.2, 0) is 14.8 Å². The van der Waals surface area contributed by atoms with Crippen LogP contribution in [0.25, 0.3) is 0 Å². The number of hydrogen-bond acceptors (Lipinski definition) is 4. The number of hydrogen-bond donors (Lipinski definition) is 2. The minimum Gasteiger partial charge on any atom is -0.340 e. The van der Waals surface area contributed by atoms with Crippen molar-refractivity contribution in [3.05, 3.63) is 59.4 Å². The number of carbonyl (C=O) groups is 2. The van der Waals surface area contributed by atoms with Gasteiger partial charge in [0.2, 0.25) is 15.9 Å². The van der Waals surface area contributed by atoms with E-state index >= 15 is 0 Å². The molecule has 1 heterocycles. The van der Waals surface area contributed by atoms with E-state index in [9.17, 15) is 22.4 Å². The molecule has 0 aromatic heterocycles. The predicted molar refractivity (Wildman–Crippen MR) is 130 cm³/mol. The van der Waals surface area contributed by atoms with Crippen LogP contribution >= 0.6 is 0 Å². The molecular formula is C25H32FN3O4S. The zero-order chi connectivity index (χ0) is 24.9. The fourth-order valence-electron chi connectivity index (χ4n) is 4.00. The van der Waals surface area contributed by atoms with Crippen LogP contribution < -0.4 is 10.6 Å². The van der Waals surface area contributed by atoms with Crippen molar-refractivity contribution in [3.63, 3.8) is 0 Å². The van der Waals surface area contributed by atoms with Crippen LogP contribution in [0.4, 0.5) is 10.1 Å². The molecule has 1 aliphatic rings. The van der Waals surface area contributed by atoms with Crippen LogP contribution in [-0.4, -0.2) is 43.7 Å². The normalized spacial score (nSPS) is 16.0. The molecule has 2 aromatic rings. The molecule has 0 spiro atoms. The van der Waals surface area contributed by atoms with Crippen molar-refractivity contribution in [1.82, 2.24) is 9.62 Å². The molecule has 0 aliphatic carbocycles. The van der Waals surface area contributed by atoms with E-state index in [0.29, 0.717) is 24.3 Å². The van der Waals surface area contributed by atoms with Gasteiger partial charge in [-0.15, -0.1) is 0 Å². The lowest BCUT2D eigenvalue weighted by Crippen LogP contribution is -2.47. The van der Waals surface area contributed by atoms with E-state index in [-0.39, 0.29) is 16.4 Å². The van der Waals surface area contributed by atoms with Gasteiger partial charge in [0.15, 0.2) is 0 Å². The Morgan fingerprint density at radius 3 is 2.26 bits per heavy atom. The second-order valence-corrected chi connectivity index (χ2v) is 10.9. The van der Waals surface area contributed by atoms with Gasteiger partial charge in [0.1, 0.15) is 11.9 Å². The third-order valence-corrected chi connectivity index (χ3v) is 8.03. The number of nitrogens with one attached hydrogen (secondary N) is 2. The highest BCUT2D eigenvalue weighted by molar-refractivity contribution is 7.89. The first-order valence-electron chi connectivity index (χ1n) is 11.6. The van der Waals surface area contributed by atoms with Crippen LogP contribution in [0.5, 0.6) is 0 Å². The standard InChI is InChI=1S/C25H32FN3O4S/c1-17(2)23(28-24(30)20-10-6-7-11-21(20)26)25(31)27-19-13-12-18(3)22(16-19)34(32,33)29-14-8-4-5-9-15-29/h6-7,10-13,16-17,23H,4-5,8-9,14-15H2,1-3H3,(H,27,31)(H,28,30). The Morgan fingerprint density at radius 1 is 1.00 bits per heavy atom. The number of amides is 2. The Morgan fingerprint density at radius 2 is 1.65 bits per heavy atom. The van der Waals surface area contributed by atoms with E-state index in [2.05, 4.69) is 10.6 Å². The van der Waals surface area contributed by atoms with Gasteiger partial charge in [-0.1, -0.05) is 44.9 Å². The van der Waals surface area contributed by atoms with E-state index in [1.807, 2.05) is 0 Å². The number of nitrogens with zero attached hydrogens (tertiary/aromatic N) is 1. The Balaban J connectivity index is 1.80. The van der Waals surface area contributed by atoms with Crippen LogP contribution in [0.15, 0.2) is 47.4 Å². The zero-order valence-corrected chi connectivity index (χ0v) is 20.6. The lowest BCUT2D eigenvalue weighted by molar-refractivity contribution is -0.118. The lowest BCUT2D eigenvalue weighted by Gasteiger charge is -2.23. The van der Waals surface area contributed by atoms with E-state index in [0.717, 1.165) is 25.7 Å². The highest BCUT2D eigenvalue weighted by atomic mass is 32.2. The third kappa shape index (κ3) is 6.01. The smallest absolute Gasteiger partial charge is 0.254 e. The maximum Gasteiger partial charge on any atom is 0.254 e. The molecule has 2 amide bonds. The highest BCUT2D eigenvalue weighted by Gasteiger charge is 2.29. The van der Waals surface area contributed by atoms with Gasteiger partial charge in [-0.05, 0) is 55.5 Å². The molecule has 1 atom stereocenters. The molecule has 9 heteroatoms. The largest absolute Gasteiger partial charge is 0.340 e. The van der Waals surface area contributed by atoms with Crippen molar-refractivity contribution in [3.8, 4) is 0 Å². The van der Waals surface area contributed by atoms with Gasteiger partial charge in [0.25, 0.3) is 5.91 Å². The van der Waals surface area contributed by atoms with E-state index < -0.39 is 33.7 Å². The summed E-state index contributed by atoms with van der Waals surface area (Å²) >= 11 is 0. The molecule has 3 rings (SSSR count). The summed E-state index contributed by atoms with van der Waals surface area (Å²) in [6.07, 6.45) is 3.67. The Bertz CT molecular complexity index is 1140. The van der Waals surface area contributed by atoms with E-state index in [1.54, 1.807) is 39.0 Å². The zero-order valence-electron chi connectivity index (χ0n) is 19.8. The van der Waals surface area contributed by atoms with E-state index in [1.165, 1.54) is 28.6 Å². The summed E-state index contributed by atoms with van der Waals surface area (Å²) in [4.78, 5) is 25.7. The molecular weight excluding hydrogens is 457 g/mol. The van der Waals surface area contributed by atoms with Crippen LogP contribution in [0.1, 0.15) is 55.5 Å². The van der Waals surface area contributed by atoms with Crippen molar-refractivity contribution < 1.29 is 22.4 Å². The molecule has 0 saturated carbocycles. The number of anilines is 1. The number of aryl methyl sites for hydroxylation is 1. The van der Waals surface area contributed by atoms with Gasteiger partial charge in [-0.3, -0.25) is 9.59 Å². The molecule has 0 radical (unpaired) electrons. The summed E-state index contributed by atoms with van der Waals surface area (Å²) in [6.45, 7) is 6.21. The second kappa shape index (κ2) is 11.1. The second-order valence-electron chi connectivity index (χ2n) is 8.96. The quantitative estimate of drug-likeness (QED) is 0.612. The molecule has 1 saturated heterocycles. The number of carbonyl (C=O) groups excluding carboxylic acids is 2. The molecule has 184 valence electrons. The van der Waals surface area contributed by atoms with Gasteiger partial charge in [0, 0.05) is 18.8 Å². The number of halogens is 1. The first-order valence-corrected chi connectivity index (χ1v) is 13.0. The van der Waals surface area contributed by atoms with E-state index in [4.69, 9.17) is 0 Å². The van der Waals surface area contributed by atoms with Crippen LogP contribution in [0, 0.1) is 18.7 Å². The molecule has 1 aliphatic heterocycles. The fourth-order valence-corrected chi connectivity index (χ4v) is 5.76. The number of benzene rings is 2. The minimum atomic E-state index is -3.70. The Labute approximate surface area is 200 Å². The predicted octanol–water partition coefficient (Wildman–Crippen LogP) is 4.09. The van der Waals surface area contributed by atoms with Crippen LogP contribution in [0.3, 0.4) is 0 Å². The summed E-state index contributed by atoms with van der Waals surface area (Å²) in [5.74, 6) is -2.17. The SMILES string of the molecule is Cc1ccc(NC(=O)C(NC(=O)c2ccccc2F)C(C)C)cc1S(=O)(=O)N1CCCCCC1. The average molecular weight is 490 g/mol. The van der Waals surface area contributed by atoms with Crippen LogP contribution in [0.2, 0.25) is 0 Å². The monoisotopic (exact) mass is 489 g/mol. The maximum atomic E-state index is 14.0. The molecule has 34 heavy (non-hydrogen) atoms. The highest BCUT2D eigenvalue weighted by Crippen LogP contribution is 2.26. The number of rotatable bonds is 7. The van der Waals surface area contributed by atoms with Crippen molar-refractivity contribution in [2.24, 2.45) is 5.92 Å². The minimum absolute atomic E-state index is 0.151. The van der Waals surface area contributed by atoms with Crippen molar-refractivity contribution in [2.75, 3.05) is 18.4 Å². The maximum absolute atomic E-state index is 14.0.